The van der Waals surface area contributed by atoms with Gasteiger partial charge in [0.05, 0.1) is 0 Å². The van der Waals surface area contributed by atoms with Gasteiger partial charge in [0.15, 0.2) is 0 Å². The lowest BCUT2D eigenvalue weighted by Crippen LogP contribution is -2.06. The highest BCUT2D eigenvalue weighted by Crippen LogP contribution is 2.26. The largest absolute Gasteiger partial charge is 0.291 e. The zero-order valence-corrected chi connectivity index (χ0v) is 10.4. The molecule has 0 fully saturated rings. The summed E-state index contributed by atoms with van der Waals surface area (Å²) in [5, 5.41) is 8.96. The summed E-state index contributed by atoms with van der Waals surface area (Å²) in [4.78, 5) is 0. The van der Waals surface area contributed by atoms with E-state index in [0.717, 1.165) is 5.70 Å². The average molecular weight is 239 g/mol. The van der Waals surface area contributed by atoms with Crippen LogP contribution in [0.1, 0.15) is 24.0 Å². The van der Waals surface area contributed by atoms with Crippen molar-refractivity contribution in [2.45, 2.75) is 12.8 Å². The van der Waals surface area contributed by atoms with E-state index in [9.17, 15) is 0 Å². The molecule has 0 heterocycles. The van der Waals surface area contributed by atoms with Crippen LogP contribution in [-0.4, -0.2) is 5.21 Å². The van der Waals surface area contributed by atoms with Gasteiger partial charge in [0.2, 0.25) is 0 Å². The van der Waals surface area contributed by atoms with Crippen molar-refractivity contribution >= 4 is 0 Å². The van der Waals surface area contributed by atoms with E-state index in [2.05, 4.69) is 29.7 Å². The molecule has 0 unspecified atom stereocenters. The summed E-state index contributed by atoms with van der Waals surface area (Å²) in [5.74, 6) is 0.145. The molecular weight excluding hydrogens is 222 g/mol. The van der Waals surface area contributed by atoms with E-state index in [1.165, 1.54) is 11.1 Å². The van der Waals surface area contributed by atoms with Crippen LogP contribution < -0.4 is 5.48 Å². The molecule has 2 aromatic carbocycles. The number of hydrogen-bond donors (Lipinski definition) is 2. The summed E-state index contributed by atoms with van der Waals surface area (Å²) in [6, 6.07) is 20.5. The minimum atomic E-state index is 0.145. The van der Waals surface area contributed by atoms with Crippen LogP contribution in [0.2, 0.25) is 0 Å². The molecule has 0 aliphatic carbocycles. The second kappa shape index (κ2) is 6.03. The van der Waals surface area contributed by atoms with Crippen LogP contribution in [0, 0.1) is 0 Å². The third-order valence-electron chi connectivity index (χ3n) is 2.91. The van der Waals surface area contributed by atoms with Crippen LogP contribution in [0.25, 0.3) is 0 Å². The Bertz CT molecular complexity index is 466. The molecule has 92 valence electrons. The van der Waals surface area contributed by atoms with Crippen molar-refractivity contribution in [2.24, 2.45) is 0 Å². The Labute approximate surface area is 108 Å². The van der Waals surface area contributed by atoms with Crippen LogP contribution >= 0.6 is 0 Å². The Morgan fingerprint density at radius 3 is 1.78 bits per heavy atom. The predicted molar refractivity (Wildman–Crippen MR) is 73.4 cm³/mol. The van der Waals surface area contributed by atoms with Gasteiger partial charge in [-0.2, -0.15) is 0 Å². The summed E-state index contributed by atoms with van der Waals surface area (Å²) in [6.07, 6.45) is 2.02. The van der Waals surface area contributed by atoms with E-state index in [-0.39, 0.29) is 5.92 Å². The van der Waals surface area contributed by atoms with Gasteiger partial charge >= 0.3 is 0 Å². The van der Waals surface area contributed by atoms with E-state index in [1.807, 2.05) is 49.4 Å². The summed E-state index contributed by atoms with van der Waals surface area (Å²) in [6.45, 7) is 1.85. The highest BCUT2D eigenvalue weighted by atomic mass is 16.5. The second-order valence-electron chi connectivity index (χ2n) is 4.26. The number of benzene rings is 2. The van der Waals surface area contributed by atoms with E-state index in [0.29, 0.717) is 0 Å². The topological polar surface area (TPSA) is 32.3 Å². The molecule has 0 aromatic heterocycles. The lowest BCUT2D eigenvalue weighted by atomic mass is 9.90. The quantitative estimate of drug-likeness (QED) is 0.797. The summed E-state index contributed by atoms with van der Waals surface area (Å²) in [7, 11) is 0. The van der Waals surface area contributed by atoms with Crippen molar-refractivity contribution in [2.75, 3.05) is 0 Å². The number of hydroxylamine groups is 1. The van der Waals surface area contributed by atoms with Gasteiger partial charge in [-0.25, -0.2) is 0 Å². The first-order valence-corrected chi connectivity index (χ1v) is 5.99. The maximum Gasteiger partial charge on any atom is 0.0314 e. The van der Waals surface area contributed by atoms with Gasteiger partial charge in [-0.3, -0.25) is 10.7 Å². The first-order chi connectivity index (χ1) is 8.81. The first-order valence-electron chi connectivity index (χ1n) is 5.99. The molecule has 2 N–H and O–H groups in total. The Hall–Kier alpha value is -2.06. The Morgan fingerprint density at radius 1 is 0.944 bits per heavy atom. The van der Waals surface area contributed by atoms with E-state index in [1.54, 1.807) is 0 Å². The fourth-order valence-corrected chi connectivity index (χ4v) is 1.99. The molecule has 0 spiro atoms. The number of nitrogens with one attached hydrogen (secondary N) is 1. The van der Waals surface area contributed by atoms with Gasteiger partial charge in [-0.15, -0.1) is 0 Å². The molecule has 0 saturated carbocycles. The van der Waals surface area contributed by atoms with Crippen molar-refractivity contribution in [3.05, 3.63) is 83.6 Å². The minimum absolute atomic E-state index is 0.145. The van der Waals surface area contributed by atoms with Gasteiger partial charge in [-0.05, 0) is 18.1 Å². The minimum Gasteiger partial charge on any atom is -0.291 e. The predicted octanol–water partition coefficient (Wildman–Crippen LogP) is 3.70. The van der Waals surface area contributed by atoms with Crippen molar-refractivity contribution in [1.29, 1.82) is 0 Å². The van der Waals surface area contributed by atoms with E-state index in [4.69, 9.17) is 5.21 Å². The molecule has 0 aliphatic heterocycles. The maximum absolute atomic E-state index is 8.96. The van der Waals surface area contributed by atoms with Gasteiger partial charge in [0.25, 0.3) is 0 Å². The monoisotopic (exact) mass is 239 g/mol. The van der Waals surface area contributed by atoms with Gasteiger partial charge in [-0.1, -0.05) is 66.7 Å². The van der Waals surface area contributed by atoms with Crippen LogP contribution in [0.4, 0.5) is 0 Å². The highest BCUT2D eigenvalue weighted by molar-refractivity contribution is 5.37. The third-order valence-corrected chi connectivity index (χ3v) is 2.91. The first kappa shape index (κ1) is 12.4. The number of hydrogen-bond acceptors (Lipinski definition) is 2. The highest BCUT2D eigenvalue weighted by Gasteiger charge is 2.10. The average Bonchev–Trinajstić information content (AvgIpc) is 2.46. The van der Waals surface area contributed by atoms with Crippen LogP contribution in [0.3, 0.4) is 0 Å². The molecule has 0 radical (unpaired) electrons. The zero-order chi connectivity index (χ0) is 12.8. The summed E-state index contributed by atoms with van der Waals surface area (Å²) in [5.41, 5.74) is 5.35. The molecule has 0 bridgehead atoms. The lowest BCUT2D eigenvalue weighted by molar-refractivity contribution is 0.200. The van der Waals surface area contributed by atoms with E-state index < -0.39 is 0 Å². The number of rotatable bonds is 4. The summed E-state index contributed by atoms with van der Waals surface area (Å²) >= 11 is 0. The zero-order valence-electron chi connectivity index (χ0n) is 10.4. The van der Waals surface area contributed by atoms with Crippen molar-refractivity contribution < 1.29 is 5.21 Å². The molecule has 0 amide bonds. The molecule has 0 atom stereocenters. The molecule has 18 heavy (non-hydrogen) atoms. The molecule has 2 rings (SSSR count). The molecule has 0 aliphatic rings. The van der Waals surface area contributed by atoms with Crippen LogP contribution in [0.5, 0.6) is 0 Å². The van der Waals surface area contributed by atoms with Gasteiger partial charge in [0.1, 0.15) is 0 Å². The Kier molecular flexibility index (Phi) is 4.15. The number of allylic oxidation sites excluding steroid dienone is 2. The molecule has 2 heteroatoms. The Morgan fingerprint density at radius 2 is 1.39 bits per heavy atom. The van der Waals surface area contributed by atoms with Crippen molar-refractivity contribution in [1.82, 2.24) is 5.48 Å². The normalized spacial score (nSPS) is 11.6. The SMILES string of the molecule is C/C(=C/C(c1ccccc1)c1ccccc1)NO. The van der Waals surface area contributed by atoms with Crippen LogP contribution in [-0.2, 0) is 0 Å². The molecular formula is C16H17NO. The van der Waals surface area contributed by atoms with E-state index >= 15 is 0 Å². The fourth-order valence-electron chi connectivity index (χ4n) is 1.99. The summed E-state index contributed by atoms with van der Waals surface area (Å²) < 4.78 is 0. The van der Waals surface area contributed by atoms with Crippen molar-refractivity contribution in [3.63, 3.8) is 0 Å². The lowest BCUT2D eigenvalue weighted by Gasteiger charge is -2.15. The molecule has 2 aromatic rings. The van der Waals surface area contributed by atoms with Crippen molar-refractivity contribution in [3.8, 4) is 0 Å². The fraction of sp³-hybridized carbons (Fsp3) is 0.125. The molecule has 2 nitrogen and oxygen atoms in total. The van der Waals surface area contributed by atoms with Crippen LogP contribution in [0.15, 0.2) is 72.4 Å². The molecule has 0 saturated heterocycles. The Balaban J connectivity index is 2.42. The standard InChI is InChI=1S/C16H17NO/c1-13(17-18)12-16(14-8-4-2-5-9-14)15-10-6-3-7-11-15/h2-12,16-18H,1H3/b13-12-. The second-order valence-corrected chi connectivity index (χ2v) is 4.26. The van der Waals surface area contributed by atoms with Gasteiger partial charge < -0.3 is 0 Å². The smallest absolute Gasteiger partial charge is 0.0314 e. The maximum atomic E-state index is 8.96. The van der Waals surface area contributed by atoms with Gasteiger partial charge in [0, 0.05) is 11.6 Å². The third kappa shape index (κ3) is 2.99.